The molecule has 0 atom stereocenters. The summed E-state index contributed by atoms with van der Waals surface area (Å²) in [7, 11) is 0. The van der Waals surface area contributed by atoms with E-state index in [4.69, 9.17) is 0 Å². The molecule has 0 radical (unpaired) electrons. The first-order valence-electron chi connectivity index (χ1n) is 9.70. The lowest BCUT2D eigenvalue weighted by Gasteiger charge is -2.36. The Balaban J connectivity index is 1.36. The van der Waals surface area contributed by atoms with Crippen LogP contribution in [0.4, 0.5) is 10.6 Å². The third-order valence-electron chi connectivity index (χ3n) is 5.89. The van der Waals surface area contributed by atoms with Gasteiger partial charge in [-0.3, -0.25) is 9.69 Å². The van der Waals surface area contributed by atoms with Crippen molar-refractivity contribution in [3.63, 3.8) is 0 Å². The van der Waals surface area contributed by atoms with Crippen molar-refractivity contribution in [1.82, 2.24) is 20.1 Å². The minimum absolute atomic E-state index is 0.0171. The summed E-state index contributed by atoms with van der Waals surface area (Å²) in [6.07, 6.45) is 7.70. The van der Waals surface area contributed by atoms with Gasteiger partial charge in [0.2, 0.25) is 0 Å². The van der Waals surface area contributed by atoms with Crippen LogP contribution >= 0.6 is 0 Å². The quantitative estimate of drug-likeness (QED) is 0.836. The van der Waals surface area contributed by atoms with Gasteiger partial charge < -0.3 is 10.2 Å². The average molecular weight is 357 g/mol. The zero-order valence-electron chi connectivity index (χ0n) is 15.2. The lowest BCUT2D eigenvalue weighted by Crippen LogP contribution is -2.52. The van der Waals surface area contributed by atoms with Gasteiger partial charge in [-0.1, -0.05) is 31.7 Å². The molecular formula is C19H27N5O2. The molecule has 140 valence electrons. The van der Waals surface area contributed by atoms with Gasteiger partial charge in [-0.25, -0.2) is 14.7 Å². The van der Waals surface area contributed by atoms with Crippen LogP contribution in [-0.2, 0) is 4.79 Å². The maximum atomic E-state index is 13.0. The number of rotatable bonds is 3. The van der Waals surface area contributed by atoms with Gasteiger partial charge in [0.1, 0.15) is 11.4 Å². The summed E-state index contributed by atoms with van der Waals surface area (Å²) in [5.74, 6) is 0.969. The zero-order valence-corrected chi connectivity index (χ0v) is 15.2. The molecule has 1 spiro atoms. The van der Waals surface area contributed by atoms with Crippen LogP contribution in [0.25, 0.3) is 0 Å². The summed E-state index contributed by atoms with van der Waals surface area (Å²) >= 11 is 0. The molecule has 3 amide bonds. The van der Waals surface area contributed by atoms with Crippen LogP contribution in [0.3, 0.4) is 0 Å². The lowest BCUT2D eigenvalue weighted by molar-refractivity contribution is -0.133. The van der Waals surface area contributed by atoms with Gasteiger partial charge in [-0.05, 0) is 25.0 Å². The summed E-state index contributed by atoms with van der Waals surface area (Å²) in [5.41, 5.74) is -0.636. The smallest absolute Gasteiger partial charge is 0.326 e. The molecule has 1 aliphatic carbocycles. The maximum absolute atomic E-state index is 13.0. The molecule has 1 saturated carbocycles. The number of nitrogens with one attached hydrogen (secondary N) is 1. The minimum Gasteiger partial charge on any atom is -0.354 e. The molecule has 1 N–H and O–H groups in total. The van der Waals surface area contributed by atoms with Crippen molar-refractivity contribution in [1.29, 1.82) is 0 Å². The van der Waals surface area contributed by atoms with Gasteiger partial charge in [-0.2, -0.15) is 0 Å². The van der Waals surface area contributed by atoms with Crippen LogP contribution in [0.15, 0.2) is 24.4 Å². The summed E-state index contributed by atoms with van der Waals surface area (Å²) in [6, 6.07) is 5.71. The highest BCUT2D eigenvalue weighted by atomic mass is 16.2. The molecule has 1 aromatic heterocycles. The minimum atomic E-state index is -0.636. The SMILES string of the molecule is O=C1NC2(CCCCCC2)C(=O)N1CN1CCN(c2ccccn2)CC1. The number of carbonyl (C=O) groups is 2. The largest absolute Gasteiger partial charge is 0.354 e. The average Bonchev–Trinajstić information content (AvgIpc) is 2.84. The summed E-state index contributed by atoms with van der Waals surface area (Å²) in [5, 5.41) is 3.02. The van der Waals surface area contributed by atoms with Crippen molar-refractivity contribution < 1.29 is 9.59 Å². The molecule has 4 rings (SSSR count). The Morgan fingerprint density at radius 1 is 1.00 bits per heavy atom. The summed E-state index contributed by atoms with van der Waals surface area (Å²) in [6.45, 7) is 3.74. The standard InChI is InChI=1S/C19H27N5O2/c25-17-19(8-4-1-2-5-9-19)21-18(26)24(17)15-22-11-13-23(14-12-22)16-7-3-6-10-20-16/h3,6-7,10H,1-2,4-5,8-9,11-15H2,(H,21,26). The molecule has 0 bridgehead atoms. The Labute approximate surface area is 154 Å². The van der Waals surface area contributed by atoms with E-state index in [1.54, 1.807) is 6.20 Å². The predicted molar refractivity (Wildman–Crippen MR) is 98.7 cm³/mol. The van der Waals surface area contributed by atoms with E-state index in [1.807, 2.05) is 18.2 Å². The van der Waals surface area contributed by atoms with Crippen LogP contribution in [0.5, 0.6) is 0 Å². The van der Waals surface area contributed by atoms with E-state index in [1.165, 1.54) is 4.90 Å². The van der Waals surface area contributed by atoms with Crippen molar-refractivity contribution in [2.75, 3.05) is 37.7 Å². The number of aromatic nitrogens is 1. The first-order valence-corrected chi connectivity index (χ1v) is 9.70. The molecule has 2 aliphatic heterocycles. The van der Waals surface area contributed by atoms with Crippen LogP contribution < -0.4 is 10.2 Å². The Morgan fingerprint density at radius 3 is 2.38 bits per heavy atom. The van der Waals surface area contributed by atoms with Crippen molar-refractivity contribution in [2.24, 2.45) is 0 Å². The predicted octanol–water partition coefficient (Wildman–Crippen LogP) is 1.81. The Morgan fingerprint density at radius 2 is 1.73 bits per heavy atom. The second kappa shape index (κ2) is 7.23. The number of amides is 3. The first-order chi connectivity index (χ1) is 12.7. The molecule has 0 unspecified atom stereocenters. The van der Waals surface area contributed by atoms with E-state index in [2.05, 4.69) is 20.1 Å². The van der Waals surface area contributed by atoms with Crippen molar-refractivity contribution in [3.05, 3.63) is 24.4 Å². The fourth-order valence-corrected chi connectivity index (χ4v) is 4.33. The number of pyridine rings is 1. The molecule has 3 aliphatic rings. The molecule has 3 heterocycles. The van der Waals surface area contributed by atoms with E-state index >= 15 is 0 Å². The van der Waals surface area contributed by atoms with Gasteiger partial charge in [-0.15, -0.1) is 0 Å². The molecular weight excluding hydrogens is 330 g/mol. The summed E-state index contributed by atoms with van der Waals surface area (Å²) in [4.78, 5) is 35.7. The molecule has 7 heteroatoms. The van der Waals surface area contributed by atoms with Crippen LogP contribution in [0, 0.1) is 0 Å². The van der Waals surface area contributed by atoms with E-state index < -0.39 is 5.54 Å². The highest BCUT2D eigenvalue weighted by molar-refractivity contribution is 6.07. The first kappa shape index (κ1) is 17.3. The number of nitrogens with zero attached hydrogens (tertiary/aromatic N) is 4. The Bertz CT molecular complexity index is 649. The third kappa shape index (κ3) is 3.28. The van der Waals surface area contributed by atoms with Crippen LogP contribution in [0.2, 0.25) is 0 Å². The maximum Gasteiger partial charge on any atom is 0.326 e. The molecule has 3 fully saturated rings. The second-order valence-corrected chi connectivity index (χ2v) is 7.59. The number of anilines is 1. The number of urea groups is 1. The van der Waals surface area contributed by atoms with Gasteiger partial charge in [0.15, 0.2) is 0 Å². The van der Waals surface area contributed by atoms with Crippen molar-refractivity contribution in [3.8, 4) is 0 Å². The molecule has 26 heavy (non-hydrogen) atoms. The number of hydrogen-bond donors (Lipinski definition) is 1. The third-order valence-corrected chi connectivity index (χ3v) is 5.89. The molecule has 1 aromatic rings. The molecule has 7 nitrogen and oxygen atoms in total. The van der Waals surface area contributed by atoms with E-state index in [0.717, 1.165) is 70.5 Å². The van der Waals surface area contributed by atoms with Gasteiger partial charge in [0.05, 0.1) is 6.67 Å². The monoisotopic (exact) mass is 357 g/mol. The Hall–Kier alpha value is -2.15. The fourth-order valence-electron chi connectivity index (χ4n) is 4.33. The number of imide groups is 1. The van der Waals surface area contributed by atoms with Gasteiger partial charge in [0, 0.05) is 32.4 Å². The lowest BCUT2D eigenvalue weighted by atomic mass is 9.90. The van der Waals surface area contributed by atoms with Crippen LogP contribution in [0.1, 0.15) is 38.5 Å². The second-order valence-electron chi connectivity index (χ2n) is 7.59. The highest BCUT2D eigenvalue weighted by Gasteiger charge is 2.50. The van der Waals surface area contributed by atoms with E-state index in [0.29, 0.717) is 6.67 Å². The molecule has 0 aromatic carbocycles. The molecule has 2 saturated heterocycles. The Kier molecular flexibility index (Phi) is 4.80. The van der Waals surface area contributed by atoms with E-state index in [-0.39, 0.29) is 11.9 Å². The topological polar surface area (TPSA) is 68.8 Å². The highest BCUT2D eigenvalue weighted by Crippen LogP contribution is 2.32. The number of carbonyl (C=O) groups excluding carboxylic acids is 2. The van der Waals surface area contributed by atoms with Crippen molar-refractivity contribution >= 4 is 17.8 Å². The fraction of sp³-hybridized carbons (Fsp3) is 0.632. The number of piperazine rings is 1. The number of hydrogen-bond acceptors (Lipinski definition) is 5. The normalized spacial score (nSPS) is 24.0. The zero-order chi connectivity index (χ0) is 18.0. The van der Waals surface area contributed by atoms with E-state index in [9.17, 15) is 9.59 Å². The van der Waals surface area contributed by atoms with Crippen LogP contribution in [-0.4, -0.2) is 65.1 Å². The van der Waals surface area contributed by atoms with Gasteiger partial charge in [0.25, 0.3) is 5.91 Å². The summed E-state index contributed by atoms with van der Waals surface area (Å²) < 4.78 is 0. The van der Waals surface area contributed by atoms with Crippen molar-refractivity contribution in [2.45, 2.75) is 44.1 Å². The van der Waals surface area contributed by atoms with Gasteiger partial charge >= 0.3 is 6.03 Å².